The number of aromatic nitrogens is 1. The van der Waals surface area contributed by atoms with Crippen LogP contribution in [-0.4, -0.2) is 60.9 Å². The van der Waals surface area contributed by atoms with Gasteiger partial charge in [0.05, 0.1) is 19.3 Å². The molecule has 1 aromatic carbocycles. The molecule has 1 saturated heterocycles. The molecule has 0 aliphatic carbocycles. The zero-order valence-electron chi connectivity index (χ0n) is 14.5. The minimum Gasteiger partial charge on any atom is -0.373 e. The van der Waals surface area contributed by atoms with E-state index in [4.69, 9.17) is 21.1 Å². The van der Waals surface area contributed by atoms with Gasteiger partial charge >= 0.3 is 0 Å². The molecule has 2 atom stereocenters. The summed E-state index contributed by atoms with van der Waals surface area (Å²) in [5, 5.41) is 15.2. The van der Waals surface area contributed by atoms with Gasteiger partial charge in [-0.15, -0.1) is 0 Å². The summed E-state index contributed by atoms with van der Waals surface area (Å²) >= 11 is 6.20. The van der Waals surface area contributed by atoms with Crippen LogP contribution in [0, 0.1) is 0 Å². The molecule has 2 aliphatic rings. The van der Waals surface area contributed by atoms with Crippen LogP contribution in [0.5, 0.6) is 0 Å². The largest absolute Gasteiger partial charge is 0.373 e. The van der Waals surface area contributed by atoms with Crippen molar-refractivity contribution in [3.05, 3.63) is 34.5 Å². The number of halogens is 1. The average molecular weight is 366 g/mol. The lowest BCUT2D eigenvalue weighted by molar-refractivity contribution is -0.238. The van der Waals surface area contributed by atoms with E-state index in [1.807, 2.05) is 18.2 Å². The van der Waals surface area contributed by atoms with Crippen molar-refractivity contribution in [2.45, 2.75) is 30.9 Å². The van der Waals surface area contributed by atoms with Crippen molar-refractivity contribution in [1.82, 2.24) is 15.2 Å². The number of benzene rings is 1. The molecule has 0 radical (unpaired) electrons. The number of hydrogen-bond donors (Lipinski definition) is 3. The van der Waals surface area contributed by atoms with Gasteiger partial charge < -0.3 is 19.6 Å². The molecule has 0 spiro atoms. The van der Waals surface area contributed by atoms with Crippen molar-refractivity contribution in [3.8, 4) is 0 Å². The molecule has 2 aromatic rings. The minimum absolute atomic E-state index is 0.0658. The second kappa shape index (κ2) is 6.54. The van der Waals surface area contributed by atoms with E-state index < -0.39 is 12.0 Å². The van der Waals surface area contributed by atoms with Gasteiger partial charge in [-0.2, -0.15) is 0 Å². The van der Waals surface area contributed by atoms with Gasteiger partial charge in [0.25, 0.3) is 0 Å². The van der Waals surface area contributed by atoms with E-state index in [-0.39, 0.29) is 6.04 Å². The molecule has 1 aromatic heterocycles. The molecular formula is C18H24ClN3O3. The molecule has 2 aliphatic heterocycles. The van der Waals surface area contributed by atoms with Crippen molar-refractivity contribution in [1.29, 1.82) is 0 Å². The minimum atomic E-state index is -1.03. The van der Waals surface area contributed by atoms with Crippen LogP contribution in [0.4, 0.5) is 0 Å². The summed E-state index contributed by atoms with van der Waals surface area (Å²) in [5.41, 5.74) is 3.55. The second-order valence-corrected chi connectivity index (χ2v) is 7.29. The highest BCUT2D eigenvalue weighted by Crippen LogP contribution is 2.41. The number of aromatic amines is 1. The van der Waals surface area contributed by atoms with Gasteiger partial charge in [-0.3, -0.25) is 10.2 Å². The van der Waals surface area contributed by atoms with Crippen molar-refractivity contribution in [3.63, 3.8) is 0 Å². The summed E-state index contributed by atoms with van der Waals surface area (Å²) in [6.45, 7) is 1.91. The number of ether oxygens (including phenoxy) is 2. The van der Waals surface area contributed by atoms with Crippen molar-refractivity contribution in [2.75, 3.05) is 33.9 Å². The molecule has 3 N–H and O–H groups in total. The first-order valence-corrected chi connectivity index (χ1v) is 9.05. The predicted octanol–water partition coefficient (Wildman–Crippen LogP) is 2.02. The Bertz CT molecular complexity index is 772. The Morgan fingerprint density at radius 1 is 1.44 bits per heavy atom. The lowest BCUT2D eigenvalue weighted by Crippen LogP contribution is -2.53. The quantitative estimate of drug-likeness (QED) is 0.723. The molecule has 7 heteroatoms. The number of nitrogens with zero attached hydrogens (tertiary/aromatic N) is 1. The van der Waals surface area contributed by atoms with E-state index in [9.17, 15) is 5.11 Å². The third kappa shape index (κ3) is 2.87. The van der Waals surface area contributed by atoms with Crippen LogP contribution >= 0.6 is 11.6 Å². The van der Waals surface area contributed by atoms with Gasteiger partial charge in [0, 0.05) is 34.6 Å². The molecule has 0 saturated carbocycles. The highest BCUT2D eigenvalue weighted by atomic mass is 35.5. The number of hydrogen-bond acceptors (Lipinski definition) is 5. The molecular weight excluding hydrogens is 342 g/mol. The number of rotatable bonds is 4. The molecule has 136 valence electrons. The Balaban J connectivity index is 1.74. The molecule has 0 bridgehead atoms. The molecule has 6 nitrogen and oxygen atoms in total. The maximum atomic E-state index is 10.4. The molecule has 4 rings (SSSR count). The van der Waals surface area contributed by atoms with Gasteiger partial charge in [-0.25, -0.2) is 0 Å². The van der Waals surface area contributed by atoms with E-state index >= 15 is 0 Å². The molecule has 25 heavy (non-hydrogen) atoms. The molecule has 1 fully saturated rings. The number of likely N-dealkylation sites (N-methyl/N-ethyl adjacent to an activating group) is 2. The van der Waals surface area contributed by atoms with Gasteiger partial charge in [-0.1, -0.05) is 11.6 Å². The number of nitrogens with one attached hydrogen (secondary N) is 2. The number of fused-ring (bicyclic) bond motifs is 3. The second-order valence-electron chi connectivity index (χ2n) is 6.86. The highest BCUT2D eigenvalue weighted by Gasteiger charge is 2.47. The number of aliphatic hydroxyl groups excluding tert-OH is 1. The molecule has 3 heterocycles. The number of H-pyrrole nitrogens is 1. The summed E-state index contributed by atoms with van der Waals surface area (Å²) in [4.78, 5) is 5.84. The van der Waals surface area contributed by atoms with Crippen LogP contribution in [0.3, 0.4) is 0 Å². The van der Waals surface area contributed by atoms with Gasteiger partial charge in [0.15, 0.2) is 6.23 Å². The average Bonchev–Trinajstić information content (AvgIpc) is 3.22. The standard InChI is InChI=1S/C18H24ClN3O3/c1-20-17(23)18(24-7-8-25-18)10-15-16-12(5-6-22(15)2)13-9-11(19)3-4-14(13)21-16/h3-4,9,15,17,20-21,23H,5-8,10H2,1-2H3. The predicted molar refractivity (Wildman–Crippen MR) is 96.7 cm³/mol. The van der Waals surface area contributed by atoms with Crippen LogP contribution in [0.25, 0.3) is 10.9 Å². The van der Waals surface area contributed by atoms with Gasteiger partial charge in [-0.05, 0) is 44.3 Å². The third-order valence-electron chi connectivity index (χ3n) is 5.42. The first kappa shape index (κ1) is 17.3. The summed E-state index contributed by atoms with van der Waals surface area (Å²) < 4.78 is 11.7. The topological polar surface area (TPSA) is 69.8 Å². The fourth-order valence-electron chi connectivity index (χ4n) is 4.06. The Labute approximate surface area is 152 Å². The first-order chi connectivity index (χ1) is 12.0. The Kier molecular flexibility index (Phi) is 4.52. The van der Waals surface area contributed by atoms with Gasteiger partial charge in [0.1, 0.15) is 0 Å². The molecule has 2 unspecified atom stereocenters. The lowest BCUT2D eigenvalue weighted by Gasteiger charge is -2.40. The first-order valence-electron chi connectivity index (χ1n) is 8.67. The lowest BCUT2D eigenvalue weighted by atomic mass is 9.92. The summed E-state index contributed by atoms with van der Waals surface area (Å²) in [6.07, 6.45) is 0.623. The van der Waals surface area contributed by atoms with Crippen LogP contribution in [0.2, 0.25) is 5.02 Å². The zero-order valence-corrected chi connectivity index (χ0v) is 15.3. The van der Waals surface area contributed by atoms with Crippen LogP contribution in [-0.2, 0) is 15.9 Å². The Hall–Kier alpha value is -1.15. The van der Waals surface area contributed by atoms with E-state index in [2.05, 4.69) is 22.2 Å². The molecule has 0 amide bonds. The smallest absolute Gasteiger partial charge is 0.210 e. The van der Waals surface area contributed by atoms with Gasteiger partial charge in [0.2, 0.25) is 5.79 Å². The fraction of sp³-hybridized carbons (Fsp3) is 0.556. The number of aliphatic hydroxyl groups is 1. The zero-order chi connectivity index (χ0) is 17.6. The summed E-state index contributed by atoms with van der Waals surface area (Å²) in [6, 6.07) is 6.01. The maximum Gasteiger partial charge on any atom is 0.210 e. The summed E-state index contributed by atoms with van der Waals surface area (Å²) in [5.74, 6) is -1.03. The van der Waals surface area contributed by atoms with Crippen molar-refractivity contribution >= 4 is 22.5 Å². The van der Waals surface area contributed by atoms with Crippen molar-refractivity contribution in [2.24, 2.45) is 0 Å². The van der Waals surface area contributed by atoms with E-state index in [0.717, 1.165) is 29.2 Å². The Morgan fingerprint density at radius 3 is 2.92 bits per heavy atom. The highest BCUT2D eigenvalue weighted by molar-refractivity contribution is 6.31. The SMILES string of the molecule is CNC(O)C1(CC2c3[nH]c4ccc(Cl)cc4c3CCN2C)OCCO1. The Morgan fingerprint density at radius 2 is 2.20 bits per heavy atom. The van der Waals surface area contributed by atoms with E-state index in [0.29, 0.717) is 19.6 Å². The monoisotopic (exact) mass is 365 g/mol. The third-order valence-corrected chi connectivity index (χ3v) is 5.66. The van der Waals surface area contributed by atoms with E-state index in [1.165, 1.54) is 10.9 Å². The van der Waals surface area contributed by atoms with Crippen LogP contribution < -0.4 is 5.32 Å². The van der Waals surface area contributed by atoms with Crippen LogP contribution in [0.15, 0.2) is 18.2 Å². The van der Waals surface area contributed by atoms with E-state index in [1.54, 1.807) is 7.05 Å². The maximum absolute atomic E-state index is 10.4. The summed E-state index contributed by atoms with van der Waals surface area (Å²) in [7, 11) is 3.80. The fourth-order valence-corrected chi connectivity index (χ4v) is 4.24. The normalized spacial score (nSPS) is 24.6. The van der Waals surface area contributed by atoms with Crippen molar-refractivity contribution < 1.29 is 14.6 Å². The van der Waals surface area contributed by atoms with Crippen LogP contribution in [0.1, 0.15) is 23.7 Å².